The Labute approximate surface area is 323 Å². The first-order valence-electron chi connectivity index (χ1n) is 19.2. The second-order valence-corrected chi connectivity index (χ2v) is 16.1. The number of ketones is 3. The molecule has 2 aromatic rings. The second-order valence-electron chi connectivity index (χ2n) is 16.1. The minimum absolute atomic E-state index is 0.00672. The molecule has 8 rings (SSSR count). The predicted octanol–water partition coefficient (Wildman–Crippen LogP) is 2.66. The van der Waals surface area contributed by atoms with Crippen LogP contribution in [0.15, 0.2) is 18.2 Å². The van der Waals surface area contributed by atoms with Crippen molar-refractivity contribution < 1.29 is 73.1 Å². The van der Waals surface area contributed by atoms with E-state index in [4.69, 9.17) is 33.2 Å². The van der Waals surface area contributed by atoms with Gasteiger partial charge < -0.3 is 63.6 Å². The van der Waals surface area contributed by atoms with Crippen molar-refractivity contribution in [2.45, 2.75) is 145 Å². The number of likely N-dealkylation sites (N-methyl/N-ethyl adjacent to an activating group) is 1. The summed E-state index contributed by atoms with van der Waals surface area (Å²) < 4.78 is 44.1. The molecule has 6 aliphatic rings. The molecule has 0 bridgehead atoms. The Kier molecular flexibility index (Phi) is 10.1. The zero-order valence-corrected chi connectivity index (χ0v) is 32.0. The highest BCUT2D eigenvalue weighted by atomic mass is 16.8. The Balaban J connectivity index is 1.05. The highest BCUT2D eigenvalue weighted by molar-refractivity contribution is 6.31. The van der Waals surface area contributed by atoms with Crippen LogP contribution in [-0.4, -0.2) is 135 Å². The fourth-order valence-electron chi connectivity index (χ4n) is 9.31. The van der Waals surface area contributed by atoms with E-state index in [1.54, 1.807) is 13.8 Å². The van der Waals surface area contributed by atoms with Gasteiger partial charge in [-0.25, -0.2) is 0 Å². The van der Waals surface area contributed by atoms with Crippen molar-refractivity contribution in [1.82, 2.24) is 4.90 Å². The highest BCUT2D eigenvalue weighted by Gasteiger charge is 2.54. The van der Waals surface area contributed by atoms with Crippen LogP contribution in [0.25, 0.3) is 0 Å². The number of aliphatic hydroxyl groups excluding tert-OH is 1. The maximum absolute atomic E-state index is 13.8. The number of aromatic hydroxyl groups is 3. The summed E-state index contributed by atoms with van der Waals surface area (Å²) in [6, 6.07) is 3.61. The maximum atomic E-state index is 13.8. The molecule has 0 aromatic heterocycles. The van der Waals surface area contributed by atoms with Gasteiger partial charge in [0.25, 0.3) is 0 Å². The lowest BCUT2D eigenvalue weighted by Gasteiger charge is -2.51. The van der Waals surface area contributed by atoms with Crippen LogP contribution in [-0.2, 0) is 38.0 Å². The molecule has 56 heavy (non-hydrogen) atoms. The number of phenolic OH excluding ortho intramolecular Hbond substituents is 3. The predicted molar refractivity (Wildman–Crippen MR) is 191 cm³/mol. The highest BCUT2D eigenvalue weighted by Crippen LogP contribution is 2.56. The molecule has 0 saturated carbocycles. The number of nitrogens with zero attached hydrogens (tertiary/aromatic N) is 1. The van der Waals surface area contributed by atoms with Gasteiger partial charge in [-0.1, -0.05) is 19.1 Å². The van der Waals surface area contributed by atoms with Gasteiger partial charge in [0.1, 0.15) is 47.8 Å². The van der Waals surface area contributed by atoms with E-state index in [-0.39, 0.29) is 59.8 Å². The molecular formula is C40H49NO15. The molecule has 4 saturated heterocycles. The summed E-state index contributed by atoms with van der Waals surface area (Å²) in [5.41, 5.74) is -3.95. The first-order chi connectivity index (χ1) is 26.5. The van der Waals surface area contributed by atoms with Crippen molar-refractivity contribution in [2.24, 2.45) is 0 Å². The minimum Gasteiger partial charge on any atom is -0.507 e. The molecule has 0 radical (unpaired) electrons. The molecule has 16 heteroatoms. The van der Waals surface area contributed by atoms with E-state index in [0.717, 1.165) is 0 Å². The second kappa shape index (κ2) is 14.4. The van der Waals surface area contributed by atoms with Crippen LogP contribution in [0.3, 0.4) is 0 Å². The molecule has 2 aliphatic carbocycles. The van der Waals surface area contributed by atoms with Gasteiger partial charge in [0, 0.05) is 48.4 Å². The van der Waals surface area contributed by atoms with E-state index in [9.17, 15) is 39.9 Å². The number of hydrogen-bond donors (Lipinski definition) is 5. The largest absolute Gasteiger partial charge is 0.507 e. The molecule has 16 nitrogen and oxygen atoms in total. The average molecular weight is 784 g/mol. The van der Waals surface area contributed by atoms with Gasteiger partial charge in [0.05, 0.1) is 46.7 Å². The zero-order chi connectivity index (χ0) is 40.1. The van der Waals surface area contributed by atoms with E-state index in [1.165, 1.54) is 18.2 Å². The van der Waals surface area contributed by atoms with E-state index in [0.29, 0.717) is 6.42 Å². The summed E-state index contributed by atoms with van der Waals surface area (Å²) in [7, 11) is 3.76. The van der Waals surface area contributed by atoms with Crippen LogP contribution in [0.4, 0.5) is 0 Å². The summed E-state index contributed by atoms with van der Waals surface area (Å²) in [6.45, 7) is 7.02. The lowest BCUT2D eigenvalue weighted by Crippen LogP contribution is -2.62. The Hall–Kier alpha value is -3.55. The van der Waals surface area contributed by atoms with Crippen molar-refractivity contribution in [3.8, 4) is 17.2 Å². The Bertz CT molecular complexity index is 1940. The van der Waals surface area contributed by atoms with Crippen LogP contribution in [0.2, 0.25) is 0 Å². The number of carbonyl (C=O) groups is 3. The van der Waals surface area contributed by atoms with E-state index in [1.807, 2.05) is 32.8 Å². The van der Waals surface area contributed by atoms with Crippen LogP contribution >= 0.6 is 0 Å². The van der Waals surface area contributed by atoms with E-state index in [2.05, 4.69) is 0 Å². The first-order valence-corrected chi connectivity index (χ1v) is 19.2. The molecule has 4 aliphatic heterocycles. The first kappa shape index (κ1) is 39.3. The lowest BCUT2D eigenvalue weighted by atomic mass is 9.70. The number of benzene rings is 2. The van der Waals surface area contributed by atoms with Crippen molar-refractivity contribution in [1.29, 1.82) is 0 Å². The molecule has 5 N–H and O–H groups in total. The standard InChI is InChI=1S/C40H49NO15/c1-7-40(49)14-24(28-31(38(40)48)35(47)29-30(34(28)46)33(45)27-18(32(29)44)9-8-10-20(27)42)54-25-11-19(41(5)6)36(16(3)50-25)55-26-13-22-37(17(4)51-26)56-39-23(53-22)12-21(43)15(2)52-39/h8-10,15-17,19,22-26,36-39,42,46-49H,7,11-14H2,1-6H3/t15-,16-,17-,19-,22-,23-,24-,25-,26-,36+,37+,38+,39-,40+/m0/s1. The summed E-state index contributed by atoms with van der Waals surface area (Å²) in [6.07, 6.45) is -8.31. The monoisotopic (exact) mass is 783 g/mol. The number of phenols is 3. The van der Waals surface area contributed by atoms with Gasteiger partial charge in [-0.15, -0.1) is 0 Å². The Morgan fingerprint density at radius 1 is 0.821 bits per heavy atom. The molecule has 0 amide bonds. The number of ether oxygens (including phenoxy) is 7. The van der Waals surface area contributed by atoms with Crippen LogP contribution in [0.5, 0.6) is 17.2 Å². The van der Waals surface area contributed by atoms with Crippen LogP contribution < -0.4 is 0 Å². The fraction of sp³-hybridized carbons (Fsp3) is 0.625. The molecular weight excluding hydrogens is 734 g/mol. The SMILES string of the molecule is CC[C@@]1(O)C[C@H](O[C@H]2C[C@H](N(C)C)[C@H](O[C@H]3C[C@@H]4O[C@H]5CC(=O)[C@H](C)O[C@H]5O[C@@H]4[C@H](C)O3)[C@H](C)O2)c2c(O)c3c(c(O)c2[C@H]1O)C(=O)c1cccc(O)c1C3=O. The van der Waals surface area contributed by atoms with Crippen molar-refractivity contribution in [2.75, 3.05) is 14.1 Å². The molecule has 4 heterocycles. The fourth-order valence-corrected chi connectivity index (χ4v) is 9.31. The maximum Gasteiger partial charge on any atom is 0.202 e. The molecule has 4 fully saturated rings. The van der Waals surface area contributed by atoms with E-state index < -0.39 is 119 Å². The van der Waals surface area contributed by atoms with Gasteiger partial charge >= 0.3 is 0 Å². The van der Waals surface area contributed by atoms with Gasteiger partial charge in [0.2, 0.25) is 5.78 Å². The third kappa shape index (κ3) is 6.25. The number of rotatable bonds is 6. The average Bonchev–Trinajstić information content (AvgIpc) is 3.14. The van der Waals surface area contributed by atoms with Gasteiger partial charge in [0.15, 0.2) is 30.4 Å². The molecule has 0 spiro atoms. The van der Waals surface area contributed by atoms with Crippen LogP contribution in [0.1, 0.15) is 115 Å². The molecule has 0 unspecified atom stereocenters. The summed E-state index contributed by atoms with van der Waals surface area (Å²) in [5.74, 6) is -3.74. The normalized spacial score (nSPS) is 39.4. The number of Topliss-reactive ketones (excluding diaryl/α,β-unsaturated/α-hetero) is 1. The Morgan fingerprint density at radius 2 is 1.50 bits per heavy atom. The van der Waals surface area contributed by atoms with Crippen molar-refractivity contribution in [3.63, 3.8) is 0 Å². The zero-order valence-electron chi connectivity index (χ0n) is 32.0. The van der Waals surface area contributed by atoms with Gasteiger partial charge in [-0.3, -0.25) is 14.4 Å². The van der Waals surface area contributed by atoms with Gasteiger partial charge in [-0.05, 0) is 47.4 Å². The van der Waals surface area contributed by atoms with Crippen molar-refractivity contribution >= 4 is 17.3 Å². The number of hydrogen-bond acceptors (Lipinski definition) is 16. The number of aliphatic hydroxyl groups is 2. The van der Waals surface area contributed by atoms with Gasteiger partial charge in [-0.2, -0.15) is 0 Å². The topological polar surface area (TPSA) is 220 Å². The molecule has 14 atom stereocenters. The third-order valence-electron chi connectivity index (χ3n) is 12.4. The summed E-state index contributed by atoms with van der Waals surface area (Å²) in [5, 5.41) is 57.2. The molecule has 2 aromatic carbocycles. The quantitative estimate of drug-likeness (QED) is 0.227. The number of carbonyl (C=O) groups excluding carboxylic acids is 3. The smallest absolute Gasteiger partial charge is 0.202 e. The summed E-state index contributed by atoms with van der Waals surface area (Å²) >= 11 is 0. The minimum atomic E-state index is -1.87. The third-order valence-corrected chi connectivity index (χ3v) is 12.4. The lowest BCUT2D eigenvalue weighted by molar-refractivity contribution is -0.371. The summed E-state index contributed by atoms with van der Waals surface area (Å²) in [4.78, 5) is 41.8. The van der Waals surface area contributed by atoms with E-state index >= 15 is 0 Å². The Morgan fingerprint density at radius 3 is 2.21 bits per heavy atom. The molecule has 304 valence electrons. The number of fused-ring (bicyclic) bond motifs is 5. The van der Waals surface area contributed by atoms with Crippen molar-refractivity contribution in [3.05, 3.63) is 51.6 Å². The van der Waals surface area contributed by atoms with Crippen LogP contribution in [0, 0.1) is 0 Å².